The van der Waals surface area contributed by atoms with Crippen molar-refractivity contribution in [3.05, 3.63) is 58.1 Å². The van der Waals surface area contributed by atoms with Crippen LogP contribution in [0, 0.1) is 11.3 Å². The minimum Gasteiger partial charge on any atom is -0.333 e. The first-order valence-electron chi connectivity index (χ1n) is 6.00. The zero-order chi connectivity index (χ0) is 14.7. The number of hydrogen-bond donors (Lipinski definition) is 0. The number of halogens is 1. The number of thiophene rings is 1. The molecular formula is C15H8ClN3OS. The zero-order valence-electron chi connectivity index (χ0n) is 10.7. The molecule has 0 saturated heterocycles. The number of rotatable bonds is 3. The van der Waals surface area contributed by atoms with Crippen LogP contribution in [0.2, 0.25) is 0 Å². The number of aromatic nitrogens is 2. The van der Waals surface area contributed by atoms with E-state index in [2.05, 4.69) is 16.2 Å². The van der Waals surface area contributed by atoms with Crippen LogP contribution in [0.15, 0.2) is 45.6 Å². The Bertz CT molecular complexity index is 813. The predicted octanol–water partition coefficient (Wildman–Crippen LogP) is 4.41. The summed E-state index contributed by atoms with van der Waals surface area (Å²) < 4.78 is 5.16. The first-order chi connectivity index (χ1) is 10.3. The second-order valence-corrected chi connectivity index (χ2v) is 5.35. The highest BCUT2D eigenvalue weighted by atomic mass is 35.5. The highest BCUT2D eigenvalue weighted by Gasteiger charge is 2.11. The number of benzene rings is 1. The van der Waals surface area contributed by atoms with E-state index in [1.165, 1.54) is 0 Å². The number of nitrogens with zero attached hydrogens (tertiary/aromatic N) is 3. The van der Waals surface area contributed by atoms with Gasteiger partial charge in [0.05, 0.1) is 11.6 Å². The van der Waals surface area contributed by atoms with Crippen molar-refractivity contribution in [3.63, 3.8) is 0 Å². The van der Waals surface area contributed by atoms with Crippen LogP contribution >= 0.6 is 22.9 Å². The van der Waals surface area contributed by atoms with Gasteiger partial charge in [0.2, 0.25) is 5.82 Å². The van der Waals surface area contributed by atoms with E-state index < -0.39 is 0 Å². The Morgan fingerprint density at radius 2 is 2.10 bits per heavy atom. The van der Waals surface area contributed by atoms with Crippen molar-refractivity contribution < 1.29 is 4.52 Å². The smallest absolute Gasteiger partial charge is 0.269 e. The van der Waals surface area contributed by atoms with Crippen molar-refractivity contribution in [2.75, 3.05) is 0 Å². The van der Waals surface area contributed by atoms with Crippen LogP contribution in [0.1, 0.15) is 17.0 Å². The molecule has 0 atom stereocenters. The minimum atomic E-state index is 0.266. The third-order valence-electron chi connectivity index (χ3n) is 2.74. The Hall–Kier alpha value is -2.42. The van der Waals surface area contributed by atoms with Crippen molar-refractivity contribution in [2.24, 2.45) is 0 Å². The predicted molar refractivity (Wildman–Crippen MR) is 82.5 cm³/mol. The Labute approximate surface area is 129 Å². The van der Waals surface area contributed by atoms with E-state index in [1.54, 1.807) is 41.7 Å². The zero-order valence-corrected chi connectivity index (χ0v) is 12.2. The van der Waals surface area contributed by atoms with Gasteiger partial charge in [-0.1, -0.05) is 28.9 Å². The van der Waals surface area contributed by atoms with E-state index in [-0.39, 0.29) is 5.89 Å². The van der Waals surface area contributed by atoms with Gasteiger partial charge in [-0.05, 0) is 35.2 Å². The van der Waals surface area contributed by atoms with Gasteiger partial charge in [0.15, 0.2) is 0 Å². The maximum absolute atomic E-state index is 8.76. The second kappa shape index (κ2) is 5.92. The highest BCUT2D eigenvalue weighted by molar-refractivity contribution is 7.08. The van der Waals surface area contributed by atoms with Gasteiger partial charge in [0.1, 0.15) is 5.03 Å². The lowest BCUT2D eigenvalue weighted by Gasteiger charge is -1.94. The average Bonchev–Trinajstić information content (AvgIpc) is 3.19. The summed E-state index contributed by atoms with van der Waals surface area (Å²) >= 11 is 7.75. The normalized spacial score (nSPS) is 11.3. The van der Waals surface area contributed by atoms with Crippen LogP contribution in [0.4, 0.5) is 0 Å². The average molecular weight is 314 g/mol. The summed E-state index contributed by atoms with van der Waals surface area (Å²) in [5.74, 6) is 0.778. The van der Waals surface area contributed by atoms with Crippen LogP contribution in [0.5, 0.6) is 0 Å². The standard InChI is InChI=1S/C15H8ClN3OS/c16-13(7-10-1-3-11(8-17)4-2-10)15-18-14(19-20-15)12-5-6-21-9-12/h1-7,9H. The van der Waals surface area contributed by atoms with Gasteiger partial charge in [-0.3, -0.25) is 0 Å². The van der Waals surface area contributed by atoms with Crippen LogP contribution in [-0.4, -0.2) is 10.1 Å². The van der Waals surface area contributed by atoms with Crippen molar-refractivity contribution >= 4 is 34.0 Å². The molecule has 3 rings (SSSR count). The van der Waals surface area contributed by atoms with Crippen molar-refractivity contribution in [3.8, 4) is 17.5 Å². The number of hydrogen-bond acceptors (Lipinski definition) is 5. The summed E-state index contributed by atoms with van der Waals surface area (Å²) in [5.41, 5.74) is 2.35. The topological polar surface area (TPSA) is 62.7 Å². The quantitative estimate of drug-likeness (QED) is 0.718. The van der Waals surface area contributed by atoms with E-state index in [0.29, 0.717) is 16.4 Å². The molecule has 0 aliphatic carbocycles. The second-order valence-electron chi connectivity index (χ2n) is 4.16. The van der Waals surface area contributed by atoms with Gasteiger partial charge in [0, 0.05) is 10.9 Å². The fourth-order valence-corrected chi connectivity index (χ4v) is 2.53. The minimum absolute atomic E-state index is 0.266. The lowest BCUT2D eigenvalue weighted by molar-refractivity contribution is 0.410. The molecule has 0 radical (unpaired) electrons. The molecule has 0 spiro atoms. The van der Waals surface area contributed by atoms with Gasteiger partial charge in [-0.25, -0.2) is 0 Å². The van der Waals surface area contributed by atoms with E-state index in [9.17, 15) is 0 Å². The lowest BCUT2D eigenvalue weighted by atomic mass is 10.1. The fraction of sp³-hybridized carbons (Fsp3) is 0. The molecule has 102 valence electrons. The van der Waals surface area contributed by atoms with Crippen LogP contribution < -0.4 is 0 Å². The van der Waals surface area contributed by atoms with Gasteiger partial charge in [0.25, 0.3) is 5.89 Å². The molecule has 0 saturated carbocycles. The van der Waals surface area contributed by atoms with Crippen molar-refractivity contribution in [1.82, 2.24) is 10.1 Å². The molecule has 0 unspecified atom stereocenters. The highest BCUT2D eigenvalue weighted by Crippen LogP contribution is 2.25. The maximum atomic E-state index is 8.76. The first kappa shape index (κ1) is 13.6. The van der Waals surface area contributed by atoms with Gasteiger partial charge < -0.3 is 4.52 Å². The monoisotopic (exact) mass is 313 g/mol. The molecule has 0 amide bonds. The molecular weight excluding hydrogens is 306 g/mol. The summed E-state index contributed by atoms with van der Waals surface area (Å²) in [7, 11) is 0. The summed E-state index contributed by atoms with van der Waals surface area (Å²) in [6.45, 7) is 0. The SMILES string of the molecule is N#Cc1ccc(C=C(Cl)c2nc(-c3ccsc3)no2)cc1. The van der Waals surface area contributed by atoms with Crippen LogP contribution in [0.3, 0.4) is 0 Å². The molecule has 1 aromatic carbocycles. The molecule has 0 N–H and O–H groups in total. The summed E-state index contributed by atoms with van der Waals surface area (Å²) in [6, 6.07) is 11.0. The third kappa shape index (κ3) is 3.02. The van der Waals surface area contributed by atoms with E-state index in [4.69, 9.17) is 21.4 Å². The first-order valence-corrected chi connectivity index (χ1v) is 7.32. The van der Waals surface area contributed by atoms with Gasteiger partial charge in [-0.15, -0.1) is 0 Å². The van der Waals surface area contributed by atoms with Crippen LogP contribution in [-0.2, 0) is 0 Å². The molecule has 21 heavy (non-hydrogen) atoms. The lowest BCUT2D eigenvalue weighted by Crippen LogP contribution is -1.80. The molecule has 0 bridgehead atoms. The fourth-order valence-electron chi connectivity index (χ4n) is 1.69. The molecule has 4 nitrogen and oxygen atoms in total. The van der Waals surface area contributed by atoms with E-state index in [0.717, 1.165) is 11.1 Å². The maximum Gasteiger partial charge on any atom is 0.269 e. The molecule has 0 aliphatic rings. The Morgan fingerprint density at radius 1 is 1.29 bits per heavy atom. The molecule has 3 aromatic rings. The molecule has 6 heteroatoms. The van der Waals surface area contributed by atoms with Gasteiger partial charge >= 0.3 is 0 Å². The Balaban J connectivity index is 1.86. The summed E-state index contributed by atoms with van der Waals surface area (Å²) in [4.78, 5) is 4.26. The Morgan fingerprint density at radius 3 is 2.76 bits per heavy atom. The number of nitriles is 1. The molecule has 2 aromatic heterocycles. The molecule has 0 fully saturated rings. The third-order valence-corrected chi connectivity index (χ3v) is 3.70. The largest absolute Gasteiger partial charge is 0.333 e. The Kier molecular flexibility index (Phi) is 3.82. The van der Waals surface area contributed by atoms with Gasteiger partial charge in [-0.2, -0.15) is 21.6 Å². The van der Waals surface area contributed by atoms with Crippen molar-refractivity contribution in [1.29, 1.82) is 5.26 Å². The van der Waals surface area contributed by atoms with E-state index >= 15 is 0 Å². The summed E-state index contributed by atoms with van der Waals surface area (Å²) in [5, 5.41) is 16.9. The molecule has 0 aliphatic heterocycles. The molecule has 2 heterocycles. The van der Waals surface area contributed by atoms with Crippen molar-refractivity contribution in [2.45, 2.75) is 0 Å². The van der Waals surface area contributed by atoms with E-state index in [1.807, 2.05) is 16.8 Å². The summed E-state index contributed by atoms with van der Waals surface area (Å²) in [6.07, 6.45) is 1.72. The van der Waals surface area contributed by atoms with Crippen LogP contribution in [0.25, 0.3) is 22.5 Å².